The Balaban J connectivity index is 1.09. The normalized spacial score (nSPS) is 22.7. The molecule has 10 nitrogen and oxygen atoms in total. The molecular formula is C35H40N6O4. The van der Waals surface area contributed by atoms with E-state index in [0.717, 1.165) is 17.5 Å². The van der Waals surface area contributed by atoms with Crippen LogP contribution in [0.25, 0.3) is 0 Å². The van der Waals surface area contributed by atoms with E-state index >= 15 is 0 Å². The quantitative estimate of drug-likeness (QED) is 0.271. The Bertz CT molecular complexity index is 1680. The maximum absolute atomic E-state index is 13.8. The predicted octanol–water partition coefficient (Wildman–Crippen LogP) is 4.38. The number of hydrogen-bond donors (Lipinski definition) is 2. The summed E-state index contributed by atoms with van der Waals surface area (Å²) in [6, 6.07) is 19.8. The van der Waals surface area contributed by atoms with Crippen LogP contribution in [0.3, 0.4) is 0 Å². The lowest BCUT2D eigenvalue weighted by Gasteiger charge is -2.50. The Morgan fingerprint density at radius 2 is 1.71 bits per heavy atom. The minimum atomic E-state index is -1.03. The van der Waals surface area contributed by atoms with E-state index in [1.165, 1.54) is 6.26 Å². The van der Waals surface area contributed by atoms with E-state index < -0.39 is 6.23 Å². The standard InChI is InChI=1S/C35H40N6O4/c1-23(25-12-8-5-9-13-25)37-30(42)29-19-45-31(38-29)28-18-39(20-35(28)21-40(22-35)33(44)27-14-34(27,2)3)32(43)26-15-36-41(17-26)16-24-10-6-4-7-11-24/h4-13,15,17,19,23,27-28,30,37,42H,14,16,18,20-22H2,1-3H3/t23-,27+,28?,30?/m0/s1. The molecule has 10 heteroatoms. The van der Waals surface area contributed by atoms with Crippen LogP contribution in [0.5, 0.6) is 0 Å². The van der Waals surface area contributed by atoms with Gasteiger partial charge in [-0.05, 0) is 29.9 Å². The molecule has 234 valence electrons. The number of carbonyl (C=O) groups is 2. The van der Waals surface area contributed by atoms with Crippen molar-refractivity contribution in [3.8, 4) is 0 Å². The number of aliphatic hydroxyl groups excluding tert-OH is 1. The molecular weight excluding hydrogens is 568 g/mol. The van der Waals surface area contributed by atoms with E-state index in [0.29, 0.717) is 49.9 Å². The number of likely N-dealkylation sites (tertiary alicyclic amines) is 2. The number of carbonyl (C=O) groups excluding carboxylic acids is 2. The van der Waals surface area contributed by atoms with Gasteiger partial charge in [0.15, 0.2) is 12.1 Å². The Hall–Kier alpha value is -4.28. The Kier molecular flexibility index (Phi) is 7.37. The van der Waals surface area contributed by atoms with Gasteiger partial charge in [-0.15, -0.1) is 0 Å². The van der Waals surface area contributed by atoms with Crippen LogP contribution in [0, 0.1) is 16.7 Å². The Labute approximate surface area is 263 Å². The second kappa shape index (κ2) is 11.3. The molecule has 0 radical (unpaired) electrons. The molecule has 1 saturated carbocycles. The summed E-state index contributed by atoms with van der Waals surface area (Å²) in [6.07, 6.45) is 4.78. The number of amides is 2. The van der Waals surface area contributed by atoms with Crippen molar-refractivity contribution in [2.45, 2.75) is 51.9 Å². The van der Waals surface area contributed by atoms with E-state index in [2.05, 4.69) is 24.3 Å². The second-order valence-electron chi connectivity index (χ2n) is 13.8. The van der Waals surface area contributed by atoms with Gasteiger partial charge in [-0.2, -0.15) is 5.10 Å². The molecule has 4 aromatic rings. The highest BCUT2D eigenvalue weighted by Gasteiger charge is 2.61. The first-order chi connectivity index (χ1) is 21.6. The fourth-order valence-corrected chi connectivity index (χ4v) is 7.02. The molecule has 3 fully saturated rings. The minimum Gasteiger partial charge on any atom is -0.448 e. The summed E-state index contributed by atoms with van der Waals surface area (Å²) >= 11 is 0. The Morgan fingerprint density at radius 3 is 2.40 bits per heavy atom. The number of benzene rings is 2. The van der Waals surface area contributed by atoms with Crippen molar-refractivity contribution >= 4 is 11.8 Å². The summed E-state index contributed by atoms with van der Waals surface area (Å²) in [7, 11) is 0. The molecule has 0 bridgehead atoms. The maximum Gasteiger partial charge on any atom is 0.257 e. The summed E-state index contributed by atoms with van der Waals surface area (Å²) < 4.78 is 7.79. The smallest absolute Gasteiger partial charge is 0.257 e. The van der Waals surface area contributed by atoms with Crippen LogP contribution in [0.4, 0.5) is 0 Å². The lowest BCUT2D eigenvalue weighted by atomic mass is 9.71. The van der Waals surface area contributed by atoms with Crippen molar-refractivity contribution < 1.29 is 19.1 Å². The highest BCUT2D eigenvalue weighted by atomic mass is 16.3. The van der Waals surface area contributed by atoms with Gasteiger partial charge in [0, 0.05) is 49.8 Å². The molecule has 3 aliphatic rings. The van der Waals surface area contributed by atoms with Crippen molar-refractivity contribution in [2.24, 2.45) is 16.7 Å². The van der Waals surface area contributed by atoms with Crippen molar-refractivity contribution in [2.75, 3.05) is 26.2 Å². The van der Waals surface area contributed by atoms with Crippen molar-refractivity contribution in [3.05, 3.63) is 108 Å². The van der Waals surface area contributed by atoms with Crippen molar-refractivity contribution in [1.82, 2.24) is 29.9 Å². The first-order valence-electron chi connectivity index (χ1n) is 15.7. The average molecular weight is 609 g/mol. The third-order valence-electron chi connectivity index (χ3n) is 9.96. The molecule has 2 amide bonds. The molecule has 2 N–H and O–H groups in total. The lowest BCUT2D eigenvalue weighted by Crippen LogP contribution is -2.62. The SMILES string of the molecule is C[C@H](NC(O)c1coc(C2CN(C(=O)c3cnn(Cc4ccccc4)c3)CC23CN(C(=O)[C@H]2CC2(C)C)C3)n1)c1ccccc1. The van der Waals surface area contributed by atoms with Crippen molar-refractivity contribution in [1.29, 1.82) is 0 Å². The van der Waals surface area contributed by atoms with Gasteiger partial charge in [0.05, 0.1) is 24.2 Å². The van der Waals surface area contributed by atoms with Crippen LogP contribution < -0.4 is 5.32 Å². The summed E-state index contributed by atoms with van der Waals surface area (Å²) in [4.78, 5) is 35.5. The molecule has 4 atom stereocenters. The van der Waals surface area contributed by atoms with Gasteiger partial charge >= 0.3 is 0 Å². The topological polar surface area (TPSA) is 117 Å². The third kappa shape index (κ3) is 5.68. The molecule has 1 aliphatic carbocycles. The van der Waals surface area contributed by atoms with Crippen LogP contribution in [-0.4, -0.2) is 67.7 Å². The molecule has 7 rings (SSSR count). The highest BCUT2D eigenvalue weighted by Crippen LogP contribution is 2.55. The van der Waals surface area contributed by atoms with Crippen LogP contribution in [0.1, 0.15) is 78.4 Å². The number of aromatic nitrogens is 3. The van der Waals surface area contributed by atoms with E-state index in [1.807, 2.05) is 77.4 Å². The fraction of sp³-hybridized carbons (Fsp3) is 0.429. The number of aliphatic hydroxyl groups is 1. The zero-order valence-corrected chi connectivity index (χ0v) is 26.0. The third-order valence-corrected chi connectivity index (χ3v) is 9.96. The molecule has 45 heavy (non-hydrogen) atoms. The molecule has 2 aromatic heterocycles. The highest BCUT2D eigenvalue weighted by molar-refractivity contribution is 5.94. The van der Waals surface area contributed by atoms with Crippen LogP contribution >= 0.6 is 0 Å². The second-order valence-corrected chi connectivity index (χ2v) is 13.8. The van der Waals surface area contributed by atoms with Gasteiger partial charge < -0.3 is 19.3 Å². The van der Waals surface area contributed by atoms with Gasteiger partial charge in [0.1, 0.15) is 12.0 Å². The van der Waals surface area contributed by atoms with E-state index in [4.69, 9.17) is 9.40 Å². The minimum absolute atomic E-state index is 0.0499. The van der Waals surface area contributed by atoms with Gasteiger partial charge in [0.2, 0.25) is 5.91 Å². The number of hydrogen-bond acceptors (Lipinski definition) is 7. The van der Waals surface area contributed by atoms with Crippen LogP contribution in [0.2, 0.25) is 0 Å². The van der Waals surface area contributed by atoms with Gasteiger partial charge in [-0.1, -0.05) is 74.5 Å². The molecule has 1 spiro atoms. The zero-order valence-electron chi connectivity index (χ0n) is 26.0. The summed E-state index contributed by atoms with van der Waals surface area (Å²) in [5, 5.41) is 18.6. The van der Waals surface area contributed by atoms with Gasteiger partial charge in [-0.25, -0.2) is 4.98 Å². The van der Waals surface area contributed by atoms with Gasteiger partial charge in [0.25, 0.3) is 5.91 Å². The van der Waals surface area contributed by atoms with E-state index in [1.54, 1.807) is 17.1 Å². The lowest BCUT2D eigenvalue weighted by molar-refractivity contribution is -0.146. The predicted molar refractivity (Wildman–Crippen MR) is 167 cm³/mol. The van der Waals surface area contributed by atoms with Crippen molar-refractivity contribution in [3.63, 3.8) is 0 Å². The Morgan fingerprint density at radius 1 is 1.04 bits per heavy atom. The molecule has 2 saturated heterocycles. The molecule has 4 heterocycles. The number of nitrogens with one attached hydrogen (secondary N) is 1. The fourth-order valence-electron chi connectivity index (χ4n) is 7.02. The van der Waals surface area contributed by atoms with E-state index in [9.17, 15) is 14.7 Å². The average Bonchev–Trinajstić information content (AvgIpc) is 3.50. The monoisotopic (exact) mass is 608 g/mol. The first kappa shape index (κ1) is 29.4. The van der Waals surface area contributed by atoms with Gasteiger partial charge in [-0.3, -0.25) is 19.6 Å². The number of nitrogens with zero attached hydrogens (tertiary/aromatic N) is 5. The molecule has 2 aromatic carbocycles. The van der Waals surface area contributed by atoms with Crippen LogP contribution in [0.15, 0.2) is 83.7 Å². The largest absolute Gasteiger partial charge is 0.448 e. The van der Waals surface area contributed by atoms with Crippen LogP contribution in [-0.2, 0) is 11.3 Å². The van der Waals surface area contributed by atoms with E-state index in [-0.39, 0.29) is 40.5 Å². The number of rotatable bonds is 9. The summed E-state index contributed by atoms with van der Waals surface area (Å²) in [6.45, 7) is 8.81. The molecule has 2 unspecified atom stereocenters. The number of oxazole rings is 1. The first-order valence-corrected chi connectivity index (χ1v) is 15.7. The summed E-state index contributed by atoms with van der Waals surface area (Å²) in [5.74, 6) is 0.411. The maximum atomic E-state index is 13.8. The molecule has 2 aliphatic heterocycles. The summed E-state index contributed by atoms with van der Waals surface area (Å²) in [5.41, 5.74) is 2.75. The zero-order chi connectivity index (χ0) is 31.3.